The molecule has 4 rings (SSSR count). The van der Waals surface area contributed by atoms with Crippen LogP contribution in [0.2, 0.25) is 0 Å². The summed E-state index contributed by atoms with van der Waals surface area (Å²) in [4.78, 5) is 78.5. The van der Waals surface area contributed by atoms with Gasteiger partial charge in [-0.05, 0) is 50.7 Å². The molecular formula is C28H36FN3O15. The monoisotopic (exact) mass is 673 g/mol. The Morgan fingerprint density at radius 3 is 2.49 bits per heavy atom. The molecule has 1 unspecified atom stereocenters. The fraction of sp³-hybridized carbons (Fsp3) is 0.714. The first-order valence-corrected chi connectivity index (χ1v) is 14.8. The molecule has 0 spiro atoms. The maximum absolute atomic E-state index is 17.2. The molecule has 0 aromatic carbocycles. The standard InChI is InChI=1S/C28H36FN3O15/c1-25-7-5-16(33)9-15(25)3-4-18-19-10-20(34)28(39,26(19,2)11-21(35)27(18,25)29)22(36)14-45-23(37)12-30-24(38)44-8-6-17(47-32(42)43)13-46-31(40)41/h5,7,9,17-21,34-35,39H,3-4,6,8,10-14H2,1-2H3,(H,30,38)/t17?,18-,19-,20+,21-,25-,26-,27-,28-/m0/s1. The minimum atomic E-state index is -2.52. The van der Waals surface area contributed by atoms with E-state index in [2.05, 4.69) is 9.68 Å². The summed E-state index contributed by atoms with van der Waals surface area (Å²) in [5.41, 5.74) is -7.09. The highest BCUT2D eigenvalue weighted by atomic mass is 19.1. The fourth-order valence-electron chi connectivity index (χ4n) is 7.95. The number of alkyl carbamates (subject to hydrolysis) is 1. The first-order chi connectivity index (χ1) is 21.9. The molecule has 0 radical (unpaired) electrons. The van der Waals surface area contributed by atoms with E-state index in [0.717, 1.165) is 0 Å². The van der Waals surface area contributed by atoms with Gasteiger partial charge in [0.25, 0.3) is 10.2 Å². The summed E-state index contributed by atoms with van der Waals surface area (Å²) in [5, 5.41) is 54.4. The van der Waals surface area contributed by atoms with Crippen molar-refractivity contribution in [2.75, 3.05) is 26.4 Å². The number of hydrogen-bond donors (Lipinski definition) is 4. The highest BCUT2D eigenvalue weighted by Crippen LogP contribution is 2.69. The van der Waals surface area contributed by atoms with Gasteiger partial charge in [-0.25, -0.2) is 9.18 Å². The molecule has 0 saturated heterocycles. The van der Waals surface area contributed by atoms with Crippen LogP contribution < -0.4 is 5.32 Å². The second kappa shape index (κ2) is 13.1. The quantitative estimate of drug-likeness (QED) is 0.114. The van der Waals surface area contributed by atoms with Gasteiger partial charge >= 0.3 is 12.1 Å². The Hall–Kier alpha value is -4.23. The number of nitrogens with zero attached hydrogens (tertiary/aromatic N) is 2. The molecule has 0 aromatic heterocycles. The number of ether oxygens (including phenoxy) is 2. The summed E-state index contributed by atoms with van der Waals surface area (Å²) in [7, 11) is 0. The Kier molecular flexibility index (Phi) is 9.94. The third-order valence-corrected chi connectivity index (χ3v) is 10.3. The van der Waals surface area contributed by atoms with Crippen LogP contribution in [0.25, 0.3) is 0 Å². The van der Waals surface area contributed by atoms with Crippen LogP contribution in [0.5, 0.6) is 0 Å². The van der Waals surface area contributed by atoms with Gasteiger partial charge in [0.05, 0.1) is 18.8 Å². The Morgan fingerprint density at radius 1 is 1.13 bits per heavy atom. The first-order valence-electron chi connectivity index (χ1n) is 14.8. The zero-order chi connectivity index (χ0) is 34.9. The molecule has 0 aliphatic heterocycles. The van der Waals surface area contributed by atoms with Gasteiger partial charge in [0.2, 0.25) is 5.78 Å². The summed E-state index contributed by atoms with van der Waals surface area (Å²) < 4.78 is 26.8. The average Bonchev–Trinajstić information content (AvgIpc) is 3.19. The third-order valence-electron chi connectivity index (χ3n) is 10.3. The van der Waals surface area contributed by atoms with E-state index in [-0.39, 0.29) is 25.0 Å². The minimum Gasteiger partial charge on any atom is -0.456 e. The molecule has 19 heteroatoms. The van der Waals surface area contributed by atoms with E-state index < -0.39 is 113 Å². The maximum Gasteiger partial charge on any atom is 0.407 e. The summed E-state index contributed by atoms with van der Waals surface area (Å²) >= 11 is 0. The van der Waals surface area contributed by atoms with E-state index in [1.807, 2.05) is 5.32 Å². The van der Waals surface area contributed by atoms with E-state index in [9.17, 15) is 54.7 Å². The van der Waals surface area contributed by atoms with Crippen LogP contribution >= 0.6 is 0 Å². The fourth-order valence-corrected chi connectivity index (χ4v) is 7.95. The molecule has 3 saturated carbocycles. The Morgan fingerprint density at radius 2 is 1.83 bits per heavy atom. The molecule has 9 atom stereocenters. The number of fused-ring (bicyclic) bond motifs is 5. The van der Waals surface area contributed by atoms with Gasteiger partial charge in [0.15, 0.2) is 23.7 Å². The van der Waals surface area contributed by atoms with Gasteiger partial charge in [-0.2, -0.15) is 0 Å². The lowest BCUT2D eigenvalue weighted by atomic mass is 9.44. The van der Waals surface area contributed by atoms with Crippen molar-refractivity contribution < 1.29 is 68.2 Å². The minimum absolute atomic E-state index is 0.174. The third kappa shape index (κ3) is 6.26. The Balaban J connectivity index is 1.33. The predicted molar refractivity (Wildman–Crippen MR) is 149 cm³/mol. The molecule has 0 bridgehead atoms. The first kappa shape index (κ1) is 35.6. The summed E-state index contributed by atoms with van der Waals surface area (Å²) in [5.74, 6) is -4.19. The number of aliphatic hydroxyl groups excluding tert-OH is 2. The number of ketones is 2. The number of amides is 1. The molecule has 0 aromatic rings. The lowest BCUT2D eigenvalue weighted by Crippen LogP contribution is -2.69. The molecule has 260 valence electrons. The van der Waals surface area contributed by atoms with E-state index in [1.54, 1.807) is 6.92 Å². The largest absolute Gasteiger partial charge is 0.456 e. The molecule has 4 N–H and O–H groups in total. The van der Waals surface area contributed by atoms with Crippen LogP contribution in [-0.4, -0.2) is 105 Å². The van der Waals surface area contributed by atoms with Crippen molar-refractivity contribution in [1.29, 1.82) is 0 Å². The van der Waals surface area contributed by atoms with Crippen molar-refractivity contribution >= 4 is 23.6 Å². The number of hydrogen-bond acceptors (Lipinski definition) is 15. The molecule has 0 heterocycles. The van der Waals surface area contributed by atoms with E-state index in [1.165, 1.54) is 25.2 Å². The van der Waals surface area contributed by atoms with Crippen molar-refractivity contribution in [3.05, 3.63) is 44.0 Å². The number of nitrogens with one attached hydrogen (secondary N) is 1. The highest BCUT2D eigenvalue weighted by Gasteiger charge is 2.76. The second-order valence-corrected chi connectivity index (χ2v) is 12.6. The number of halogens is 1. The van der Waals surface area contributed by atoms with Crippen LogP contribution in [0.4, 0.5) is 9.18 Å². The van der Waals surface area contributed by atoms with Crippen LogP contribution in [0, 0.1) is 42.9 Å². The number of rotatable bonds is 13. The molecule has 4 aliphatic rings. The second-order valence-electron chi connectivity index (χ2n) is 12.6. The number of aliphatic hydroxyl groups is 3. The van der Waals surface area contributed by atoms with Crippen LogP contribution in [-0.2, 0) is 33.5 Å². The topological polar surface area (TPSA) is 264 Å². The average molecular weight is 674 g/mol. The Bertz CT molecular complexity index is 1390. The smallest absolute Gasteiger partial charge is 0.407 e. The van der Waals surface area contributed by atoms with E-state index in [0.29, 0.717) is 12.0 Å². The number of alkyl halides is 1. The highest BCUT2D eigenvalue weighted by molar-refractivity contribution is 6.01. The van der Waals surface area contributed by atoms with E-state index in [4.69, 9.17) is 9.47 Å². The van der Waals surface area contributed by atoms with Crippen LogP contribution in [0.3, 0.4) is 0 Å². The zero-order valence-corrected chi connectivity index (χ0v) is 25.5. The lowest BCUT2D eigenvalue weighted by Gasteiger charge is -2.62. The van der Waals surface area contributed by atoms with E-state index >= 15 is 4.39 Å². The normalized spacial score (nSPS) is 36.0. The molecular weight excluding hydrogens is 637 g/mol. The van der Waals surface area contributed by atoms with Crippen molar-refractivity contribution in [2.24, 2.45) is 22.7 Å². The number of carbonyl (C=O) groups is 4. The van der Waals surface area contributed by atoms with Crippen molar-refractivity contribution in [2.45, 2.75) is 75.5 Å². The number of allylic oxidation sites excluding steroid dienone is 4. The number of carbonyl (C=O) groups excluding carboxylic acids is 4. The summed E-state index contributed by atoms with van der Waals surface area (Å²) in [6.07, 6.45) is -2.37. The molecule has 1 amide bonds. The maximum atomic E-state index is 17.2. The van der Waals surface area contributed by atoms with Crippen molar-refractivity contribution in [3.8, 4) is 0 Å². The number of esters is 1. The zero-order valence-electron chi connectivity index (χ0n) is 25.5. The molecule has 4 aliphatic carbocycles. The van der Waals surface area contributed by atoms with Gasteiger partial charge in [0.1, 0.15) is 19.3 Å². The van der Waals surface area contributed by atoms with Gasteiger partial charge in [-0.3, -0.25) is 14.4 Å². The molecule has 3 fully saturated rings. The van der Waals surface area contributed by atoms with Crippen molar-refractivity contribution in [3.63, 3.8) is 0 Å². The molecule has 18 nitrogen and oxygen atoms in total. The van der Waals surface area contributed by atoms with Gasteiger partial charge in [-0.1, -0.05) is 18.6 Å². The van der Waals surface area contributed by atoms with Gasteiger partial charge in [-0.15, -0.1) is 20.2 Å². The van der Waals surface area contributed by atoms with Gasteiger partial charge < -0.3 is 39.8 Å². The van der Waals surface area contributed by atoms with Crippen LogP contribution in [0.1, 0.15) is 46.0 Å². The number of Topliss-reactive ketones (excluding diaryl/α,β-unsaturated/α-hetero) is 1. The SMILES string of the molecule is C[C@]12C=CC(=O)C=C1CC[C@H]1[C@@H]3C[C@@H](O)[C@](O)(C(=O)COC(=O)CNC(=O)OCCC(CO[N+](=O)[O-])O[N+](=O)[O-])[C@@]3(C)C[C@H](O)[C@@]12F. The lowest BCUT2D eigenvalue weighted by molar-refractivity contribution is -0.790. The summed E-state index contributed by atoms with van der Waals surface area (Å²) in [6, 6.07) is 0. The Labute approximate surface area is 266 Å². The molecule has 47 heavy (non-hydrogen) atoms. The summed E-state index contributed by atoms with van der Waals surface area (Å²) in [6.45, 7) is -0.109. The van der Waals surface area contributed by atoms with Crippen LogP contribution in [0.15, 0.2) is 23.8 Å². The van der Waals surface area contributed by atoms with Crippen molar-refractivity contribution in [1.82, 2.24) is 5.32 Å². The van der Waals surface area contributed by atoms with Gasteiger partial charge in [0, 0.05) is 23.2 Å². The predicted octanol–water partition coefficient (Wildman–Crippen LogP) is 0.0729.